The Morgan fingerprint density at radius 3 is 2.89 bits per heavy atom. The molecule has 2 fully saturated rings. The molecule has 148 valence electrons. The van der Waals surface area contributed by atoms with Gasteiger partial charge in [0.2, 0.25) is 11.8 Å². The smallest absolute Gasteiger partial charge is 0.225 e. The summed E-state index contributed by atoms with van der Waals surface area (Å²) >= 11 is 0. The molecule has 0 spiro atoms. The van der Waals surface area contributed by atoms with Crippen molar-refractivity contribution in [2.24, 2.45) is 5.92 Å². The zero-order valence-electron chi connectivity index (χ0n) is 16.0. The summed E-state index contributed by atoms with van der Waals surface area (Å²) in [6.07, 6.45) is 0.300. The zero-order chi connectivity index (χ0) is 19.1. The van der Waals surface area contributed by atoms with Gasteiger partial charge in [-0.1, -0.05) is 12.1 Å². The van der Waals surface area contributed by atoms with Gasteiger partial charge in [-0.15, -0.1) is 0 Å². The fraction of sp³-hybridized carbons (Fsp3) is 0.600. The molecule has 2 aliphatic rings. The maximum atomic E-state index is 12.5. The minimum atomic E-state index is -0.266. The molecule has 0 aromatic heterocycles. The van der Waals surface area contributed by atoms with Gasteiger partial charge in [-0.25, -0.2) is 0 Å². The minimum Gasteiger partial charge on any atom is -0.494 e. The third-order valence-electron chi connectivity index (χ3n) is 5.05. The van der Waals surface area contributed by atoms with Crippen LogP contribution < -0.4 is 10.1 Å². The SMILES string of the molecule is CCOc1cccc(CNC(=O)[C@H]2CC(=O)N(CCN3CCOCC3)C2)c1. The van der Waals surface area contributed by atoms with Crippen molar-refractivity contribution >= 4 is 11.8 Å². The van der Waals surface area contributed by atoms with Gasteiger partial charge in [0, 0.05) is 45.7 Å². The van der Waals surface area contributed by atoms with Crippen LogP contribution in [0.3, 0.4) is 0 Å². The third kappa shape index (κ3) is 5.68. The highest BCUT2D eigenvalue weighted by Crippen LogP contribution is 2.19. The van der Waals surface area contributed by atoms with E-state index >= 15 is 0 Å². The van der Waals surface area contributed by atoms with Crippen LogP contribution in [0.1, 0.15) is 18.9 Å². The van der Waals surface area contributed by atoms with Gasteiger partial charge in [-0.2, -0.15) is 0 Å². The first kappa shape index (κ1) is 19.6. The van der Waals surface area contributed by atoms with E-state index in [0.29, 0.717) is 32.7 Å². The van der Waals surface area contributed by atoms with Crippen molar-refractivity contribution < 1.29 is 19.1 Å². The lowest BCUT2D eigenvalue weighted by atomic mass is 10.1. The van der Waals surface area contributed by atoms with Gasteiger partial charge in [0.1, 0.15) is 5.75 Å². The second-order valence-electron chi connectivity index (χ2n) is 6.99. The molecule has 2 aliphatic heterocycles. The first-order valence-electron chi connectivity index (χ1n) is 9.73. The maximum absolute atomic E-state index is 12.5. The van der Waals surface area contributed by atoms with E-state index in [0.717, 1.165) is 44.2 Å². The summed E-state index contributed by atoms with van der Waals surface area (Å²) in [5.41, 5.74) is 0.989. The monoisotopic (exact) mass is 375 g/mol. The van der Waals surface area contributed by atoms with Gasteiger partial charge in [0.25, 0.3) is 0 Å². The Balaban J connectivity index is 1.43. The number of likely N-dealkylation sites (tertiary alicyclic amines) is 1. The second-order valence-corrected chi connectivity index (χ2v) is 6.99. The average Bonchev–Trinajstić information content (AvgIpc) is 3.07. The highest BCUT2D eigenvalue weighted by molar-refractivity contribution is 5.89. The van der Waals surface area contributed by atoms with Crippen LogP contribution in [0.2, 0.25) is 0 Å². The number of hydrogen-bond acceptors (Lipinski definition) is 5. The number of carbonyl (C=O) groups excluding carboxylic acids is 2. The topological polar surface area (TPSA) is 71.1 Å². The van der Waals surface area contributed by atoms with E-state index in [-0.39, 0.29) is 17.7 Å². The number of morpholine rings is 1. The van der Waals surface area contributed by atoms with Gasteiger partial charge < -0.3 is 19.7 Å². The standard InChI is InChI=1S/C20H29N3O4/c1-2-27-18-5-3-4-16(12-18)14-21-20(25)17-13-19(24)23(15-17)7-6-22-8-10-26-11-9-22/h3-5,12,17H,2,6-11,13-15H2,1H3,(H,21,25)/t17-/m0/s1. The molecule has 0 radical (unpaired) electrons. The number of carbonyl (C=O) groups is 2. The molecule has 1 N–H and O–H groups in total. The van der Waals surface area contributed by atoms with E-state index in [1.54, 1.807) is 0 Å². The number of benzene rings is 1. The van der Waals surface area contributed by atoms with Crippen molar-refractivity contribution in [3.05, 3.63) is 29.8 Å². The molecular weight excluding hydrogens is 346 g/mol. The Hall–Kier alpha value is -2.12. The van der Waals surface area contributed by atoms with Crippen LogP contribution in [0.5, 0.6) is 5.75 Å². The molecule has 2 saturated heterocycles. The van der Waals surface area contributed by atoms with E-state index in [2.05, 4.69) is 10.2 Å². The van der Waals surface area contributed by atoms with E-state index in [1.807, 2.05) is 36.1 Å². The molecule has 1 atom stereocenters. The quantitative estimate of drug-likeness (QED) is 0.731. The average molecular weight is 375 g/mol. The number of nitrogens with zero attached hydrogens (tertiary/aromatic N) is 2. The van der Waals surface area contributed by atoms with E-state index in [4.69, 9.17) is 9.47 Å². The molecule has 0 aliphatic carbocycles. The second kappa shape index (κ2) is 9.71. The van der Waals surface area contributed by atoms with Crippen molar-refractivity contribution in [3.63, 3.8) is 0 Å². The van der Waals surface area contributed by atoms with Crippen LogP contribution >= 0.6 is 0 Å². The molecule has 0 bridgehead atoms. The number of nitrogens with one attached hydrogen (secondary N) is 1. The van der Waals surface area contributed by atoms with Crippen LogP contribution in [0.25, 0.3) is 0 Å². The van der Waals surface area contributed by atoms with Crippen LogP contribution in [-0.2, 0) is 20.9 Å². The lowest BCUT2D eigenvalue weighted by Crippen LogP contribution is -2.42. The highest BCUT2D eigenvalue weighted by atomic mass is 16.5. The van der Waals surface area contributed by atoms with E-state index in [9.17, 15) is 9.59 Å². The van der Waals surface area contributed by atoms with Crippen molar-refractivity contribution in [3.8, 4) is 5.75 Å². The van der Waals surface area contributed by atoms with Gasteiger partial charge in [0.05, 0.1) is 25.7 Å². The van der Waals surface area contributed by atoms with Gasteiger partial charge in [-0.05, 0) is 24.6 Å². The number of hydrogen-bond donors (Lipinski definition) is 1. The summed E-state index contributed by atoms with van der Waals surface area (Å²) in [7, 11) is 0. The fourth-order valence-corrected chi connectivity index (χ4v) is 3.50. The van der Waals surface area contributed by atoms with E-state index < -0.39 is 0 Å². The zero-order valence-corrected chi connectivity index (χ0v) is 16.0. The lowest BCUT2D eigenvalue weighted by molar-refractivity contribution is -0.129. The predicted octanol–water partition coefficient (Wildman–Crippen LogP) is 0.882. The molecule has 7 heteroatoms. The normalized spacial score (nSPS) is 20.7. The van der Waals surface area contributed by atoms with Gasteiger partial charge >= 0.3 is 0 Å². The Morgan fingerprint density at radius 1 is 1.30 bits per heavy atom. The molecule has 2 amide bonds. The molecular formula is C20H29N3O4. The fourth-order valence-electron chi connectivity index (χ4n) is 3.50. The summed E-state index contributed by atoms with van der Waals surface area (Å²) in [6, 6.07) is 7.70. The number of ether oxygens (including phenoxy) is 2. The maximum Gasteiger partial charge on any atom is 0.225 e. The Morgan fingerprint density at radius 2 is 2.11 bits per heavy atom. The van der Waals surface area contributed by atoms with Crippen LogP contribution in [0, 0.1) is 5.92 Å². The summed E-state index contributed by atoms with van der Waals surface area (Å²) in [5.74, 6) is 0.549. The summed E-state index contributed by atoms with van der Waals surface area (Å²) in [5, 5.41) is 2.96. The number of amides is 2. The molecule has 2 heterocycles. The molecule has 7 nitrogen and oxygen atoms in total. The Kier molecular flexibility index (Phi) is 7.06. The molecule has 0 unspecified atom stereocenters. The van der Waals surface area contributed by atoms with Crippen LogP contribution in [-0.4, -0.2) is 74.2 Å². The first-order valence-corrected chi connectivity index (χ1v) is 9.73. The molecule has 1 aromatic carbocycles. The largest absolute Gasteiger partial charge is 0.494 e. The van der Waals surface area contributed by atoms with Crippen LogP contribution in [0.4, 0.5) is 0 Å². The van der Waals surface area contributed by atoms with Crippen molar-refractivity contribution in [1.29, 1.82) is 0 Å². The van der Waals surface area contributed by atoms with Crippen LogP contribution in [0.15, 0.2) is 24.3 Å². The van der Waals surface area contributed by atoms with Crippen molar-refractivity contribution in [1.82, 2.24) is 15.1 Å². The summed E-state index contributed by atoms with van der Waals surface area (Å²) < 4.78 is 10.8. The number of rotatable bonds is 8. The van der Waals surface area contributed by atoms with E-state index in [1.165, 1.54) is 0 Å². The molecule has 3 rings (SSSR count). The minimum absolute atomic E-state index is 0.0564. The summed E-state index contributed by atoms with van der Waals surface area (Å²) in [4.78, 5) is 28.8. The Bertz CT molecular complexity index is 646. The molecule has 27 heavy (non-hydrogen) atoms. The van der Waals surface area contributed by atoms with Gasteiger partial charge in [0.15, 0.2) is 0 Å². The van der Waals surface area contributed by atoms with Crippen molar-refractivity contribution in [2.75, 3.05) is 52.5 Å². The highest BCUT2D eigenvalue weighted by Gasteiger charge is 2.34. The van der Waals surface area contributed by atoms with Gasteiger partial charge in [-0.3, -0.25) is 14.5 Å². The molecule has 0 saturated carbocycles. The summed E-state index contributed by atoms with van der Waals surface area (Å²) in [6.45, 7) is 8.35. The predicted molar refractivity (Wildman–Crippen MR) is 101 cm³/mol. The first-order chi connectivity index (χ1) is 13.2. The third-order valence-corrected chi connectivity index (χ3v) is 5.05. The molecule has 1 aromatic rings. The lowest BCUT2D eigenvalue weighted by Gasteiger charge is -2.28. The van der Waals surface area contributed by atoms with Crippen molar-refractivity contribution in [2.45, 2.75) is 19.9 Å². The Labute approximate surface area is 160 Å².